The molecule has 1 fully saturated rings. The van der Waals surface area contributed by atoms with Gasteiger partial charge in [0, 0.05) is 30.3 Å². The van der Waals surface area contributed by atoms with Gasteiger partial charge in [-0.1, -0.05) is 6.07 Å². The van der Waals surface area contributed by atoms with E-state index in [1.54, 1.807) is 17.0 Å². The topological polar surface area (TPSA) is 70.1 Å². The maximum Gasteiger partial charge on any atom is 0.254 e. The van der Waals surface area contributed by atoms with Gasteiger partial charge in [-0.15, -0.1) is 0 Å². The van der Waals surface area contributed by atoms with Crippen LogP contribution >= 0.6 is 0 Å². The molecule has 0 spiro atoms. The van der Waals surface area contributed by atoms with Gasteiger partial charge in [0.05, 0.1) is 27.9 Å². The van der Waals surface area contributed by atoms with Crippen LogP contribution in [0.2, 0.25) is 0 Å². The van der Waals surface area contributed by atoms with Crippen LogP contribution in [0.5, 0.6) is 23.1 Å². The Bertz CT molecular complexity index is 799. The van der Waals surface area contributed by atoms with Crippen molar-refractivity contribution >= 4 is 5.91 Å². The van der Waals surface area contributed by atoms with Crippen LogP contribution < -0.4 is 18.9 Å². The Labute approximate surface area is 158 Å². The molecule has 1 aromatic heterocycles. The third-order valence-corrected chi connectivity index (χ3v) is 4.49. The lowest BCUT2D eigenvalue weighted by Crippen LogP contribution is -2.31. The molecular formula is C20H24N2O5. The normalized spacial score (nSPS) is 16.1. The summed E-state index contributed by atoms with van der Waals surface area (Å²) in [4.78, 5) is 19.1. The number of aryl methyl sites for hydroxylation is 1. The van der Waals surface area contributed by atoms with Crippen molar-refractivity contribution in [2.24, 2.45) is 0 Å². The average Bonchev–Trinajstić information content (AvgIpc) is 3.14. The standard InChI is InChI=1S/C20H24N2O5/c1-13-6-5-7-18(21-13)27-15-8-9-22(12-15)20(23)14-10-16(24-2)19(26-4)17(11-14)25-3/h5-7,10-11,15H,8-9,12H2,1-4H3. The highest BCUT2D eigenvalue weighted by Gasteiger charge is 2.29. The minimum atomic E-state index is -0.0995. The largest absolute Gasteiger partial charge is 0.493 e. The number of ether oxygens (including phenoxy) is 4. The summed E-state index contributed by atoms with van der Waals surface area (Å²) in [6.07, 6.45) is 0.677. The summed E-state index contributed by atoms with van der Waals surface area (Å²) in [7, 11) is 4.59. The van der Waals surface area contributed by atoms with E-state index in [4.69, 9.17) is 18.9 Å². The molecule has 1 atom stereocenters. The van der Waals surface area contributed by atoms with E-state index in [1.165, 1.54) is 21.3 Å². The molecule has 7 heteroatoms. The van der Waals surface area contributed by atoms with Crippen molar-refractivity contribution in [1.82, 2.24) is 9.88 Å². The molecular weight excluding hydrogens is 348 g/mol. The number of benzene rings is 1. The van der Waals surface area contributed by atoms with Crippen LogP contribution in [-0.2, 0) is 0 Å². The second kappa shape index (κ2) is 8.16. The SMILES string of the molecule is COc1cc(C(=O)N2CCC(Oc3cccc(C)n3)C2)cc(OC)c1OC. The van der Waals surface area contributed by atoms with Gasteiger partial charge in [-0.05, 0) is 25.1 Å². The molecule has 2 heterocycles. The lowest BCUT2D eigenvalue weighted by Gasteiger charge is -2.19. The molecule has 2 aromatic rings. The van der Waals surface area contributed by atoms with Gasteiger partial charge in [-0.25, -0.2) is 4.98 Å². The Balaban J connectivity index is 1.73. The number of hydrogen-bond acceptors (Lipinski definition) is 6. The molecule has 1 aliphatic rings. The lowest BCUT2D eigenvalue weighted by molar-refractivity contribution is 0.0770. The van der Waals surface area contributed by atoms with Crippen LogP contribution in [0, 0.1) is 6.92 Å². The smallest absolute Gasteiger partial charge is 0.254 e. The number of likely N-dealkylation sites (tertiary alicyclic amines) is 1. The van der Waals surface area contributed by atoms with E-state index >= 15 is 0 Å². The average molecular weight is 372 g/mol. The van der Waals surface area contributed by atoms with Crippen LogP contribution in [0.4, 0.5) is 0 Å². The highest BCUT2D eigenvalue weighted by Crippen LogP contribution is 2.38. The molecule has 0 radical (unpaired) electrons. The Morgan fingerprint density at radius 1 is 1.11 bits per heavy atom. The monoisotopic (exact) mass is 372 g/mol. The Hall–Kier alpha value is -2.96. The number of nitrogens with zero attached hydrogens (tertiary/aromatic N) is 2. The minimum Gasteiger partial charge on any atom is -0.493 e. The molecule has 0 N–H and O–H groups in total. The summed E-state index contributed by atoms with van der Waals surface area (Å²) in [6, 6.07) is 8.99. The lowest BCUT2D eigenvalue weighted by atomic mass is 10.1. The van der Waals surface area contributed by atoms with Crippen molar-refractivity contribution in [3.8, 4) is 23.1 Å². The summed E-state index contributed by atoms with van der Waals surface area (Å²) < 4.78 is 21.9. The fraction of sp³-hybridized carbons (Fsp3) is 0.400. The van der Waals surface area contributed by atoms with E-state index in [1.807, 2.05) is 25.1 Å². The zero-order valence-corrected chi connectivity index (χ0v) is 16.0. The van der Waals surface area contributed by atoms with Gasteiger partial charge in [0.2, 0.25) is 11.6 Å². The molecule has 1 amide bonds. The second-order valence-electron chi connectivity index (χ2n) is 6.31. The van der Waals surface area contributed by atoms with Gasteiger partial charge in [-0.3, -0.25) is 4.79 Å². The first-order valence-electron chi connectivity index (χ1n) is 8.75. The van der Waals surface area contributed by atoms with E-state index < -0.39 is 0 Å². The molecule has 1 aromatic carbocycles. The minimum absolute atomic E-state index is 0.0784. The van der Waals surface area contributed by atoms with Crippen molar-refractivity contribution in [1.29, 1.82) is 0 Å². The second-order valence-corrected chi connectivity index (χ2v) is 6.31. The number of aromatic nitrogens is 1. The molecule has 1 saturated heterocycles. The maximum absolute atomic E-state index is 12.9. The Morgan fingerprint density at radius 2 is 1.81 bits per heavy atom. The number of carbonyl (C=O) groups is 1. The summed E-state index contributed by atoms with van der Waals surface area (Å²) in [5.41, 5.74) is 1.38. The number of amides is 1. The first-order valence-corrected chi connectivity index (χ1v) is 8.75. The van der Waals surface area contributed by atoms with Crippen molar-refractivity contribution in [2.75, 3.05) is 34.4 Å². The predicted molar refractivity (Wildman–Crippen MR) is 100 cm³/mol. The number of pyridine rings is 1. The predicted octanol–water partition coefficient (Wildman–Crippen LogP) is 2.71. The molecule has 0 saturated carbocycles. The fourth-order valence-corrected chi connectivity index (χ4v) is 3.15. The quantitative estimate of drug-likeness (QED) is 0.777. The van der Waals surface area contributed by atoms with Crippen LogP contribution in [0.3, 0.4) is 0 Å². The summed E-state index contributed by atoms with van der Waals surface area (Å²) >= 11 is 0. The van der Waals surface area contributed by atoms with Gasteiger partial charge in [-0.2, -0.15) is 0 Å². The molecule has 27 heavy (non-hydrogen) atoms. The van der Waals surface area contributed by atoms with E-state index in [0.29, 0.717) is 41.8 Å². The van der Waals surface area contributed by atoms with Gasteiger partial charge >= 0.3 is 0 Å². The molecule has 3 rings (SSSR count). The molecule has 0 aliphatic carbocycles. The molecule has 1 aliphatic heterocycles. The third kappa shape index (κ3) is 4.07. The summed E-state index contributed by atoms with van der Waals surface area (Å²) in [5, 5.41) is 0. The van der Waals surface area contributed by atoms with Crippen LogP contribution in [0.25, 0.3) is 0 Å². The zero-order chi connectivity index (χ0) is 19.4. The Morgan fingerprint density at radius 3 is 2.41 bits per heavy atom. The van der Waals surface area contributed by atoms with Gasteiger partial charge in [0.25, 0.3) is 5.91 Å². The van der Waals surface area contributed by atoms with Crippen molar-refractivity contribution < 1.29 is 23.7 Å². The van der Waals surface area contributed by atoms with Crippen molar-refractivity contribution in [3.63, 3.8) is 0 Å². The zero-order valence-electron chi connectivity index (χ0n) is 16.0. The first-order chi connectivity index (χ1) is 13.0. The van der Waals surface area contributed by atoms with Crippen LogP contribution in [-0.4, -0.2) is 56.3 Å². The number of rotatable bonds is 6. The van der Waals surface area contributed by atoms with Crippen molar-refractivity contribution in [3.05, 3.63) is 41.6 Å². The molecule has 1 unspecified atom stereocenters. The molecule has 7 nitrogen and oxygen atoms in total. The summed E-state index contributed by atoms with van der Waals surface area (Å²) in [6.45, 7) is 3.04. The van der Waals surface area contributed by atoms with Crippen molar-refractivity contribution in [2.45, 2.75) is 19.4 Å². The highest BCUT2D eigenvalue weighted by molar-refractivity contribution is 5.95. The van der Waals surface area contributed by atoms with Gasteiger partial charge in [0.15, 0.2) is 11.5 Å². The third-order valence-electron chi connectivity index (χ3n) is 4.49. The Kier molecular flexibility index (Phi) is 5.69. The first kappa shape index (κ1) is 18.8. The molecule has 144 valence electrons. The van der Waals surface area contributed by atoms with Crippen LogP contribution in [0.1, 0.15) is 22.5 Å². The van der Waals surface area contributed by atoms with E-state index in [2.05, 4.69) is 4.98 Å². The van der Waals surface area contributed by atoms with Gasteiger partial charge in [0.1, 0.15) is 6.10 Å². The van der Waals surface area contributed by atoms with E-state index in [9.17, 15) is 4.79 Å². The summed E-state index contributed by atoms with van der Waals surface area (Å²) in [5.74, 6) is 1.86. The van der Waals surface area contributed by atoms with E-state index in [-0.39, 0.29) is 12.0 Å². The van der Waals surface area contributed by atoms with Gasteiger partial charge < -0.3 is 23.8 Å². The highest BCUT2D eigenvalue weighted by atomic mass is 16.5. The molecule has 0 bridgehead atoms. The maximum atomic E-state index is 12.9. The van der Waals surface area contributed by atoms with Crippen LogP contribution in [0.15, 0.2) is 30.3 Å². The number of methoxy groups -OCH3 is 3. The number of carbonyl (C=O) groups excluding carboxylic acids is 1. The fourth-order valence-electron chi connectivity index (χ4n) is 3.15. The number of hydrogen-bond donors (Lipinski definition) is 0. The van der Waals surface area contributed by atoms with E-state index in [0.717, 1.165) is 12.1 Å².